The molecule has 2 N–H and O–H groups in total. The second-order valence-corrected chi connectivity index (χ2v) is 10.1. The lowest BCUT2D eigenvalue weighted by Crippen LogP contribution is -2.55. The van der Waals surface area contributed by atoms with Crippen molar-refractivity contribution >= 4 is 17.5 Å². The number of aliphatic hydroxyl groups is 1. The molecule has 2 heterocycles. The number of nitrogens with one attached hydrogen (secondary N) is 1. The zero-order valence-corrected chi connectivity index (χ0v) is 19.6. The van der Waals surface area contributed by atoms with Crippen LogP contribution in [0, 0.1) is 5.92 Å². The van der Waals surface area contributed by atoms with Crippen LogP contribution in [0.2, 0.25) is 5.02 Å². The van der Waals surface area contributed by atoms with Gasteiger partial charge in [-0.15, -0.1) is 0 Å². The number of β-amino-alcohol motifs (C(OH)–C–C–N with tert-alkyl or cyclic N) is 1. The summed E-state index contributed by atoms with van der Waals surface area (Å²) in [4.78, 5) is 14.8. The molecule has 3 fully saturated rings. The SMILES string of the molecule is O=C(C[C@H]1CC[C@@H]2[C@H](COC[C@@H](O)CN2Cc2cccc(Cl)c2)O1)NCC1CCCCC1. The first-order chi connectivity index (χ1) is 15.6. The first-order valence-electron chi connectivity index (χ1n) is 12.2. The molecule has 0 spiro atoms. The van der Waals surface area contributed by atoms with Crippen molar-refractivity contribution in [2.24, 2.45) is 5.92 Å². The Morgan fingerprint density at radius 1 is 1.16 bits per heavy atom. The lowest BCUT2D eigenvalue weighted by Gasteiger charge is -2.44. The third-order valence-electron chi connectivity index (χ3n) is 7.09. The number of aliphatic hydroxyl groups excluding tert-OH is 1. The van der Waals surface area contributed by atoms with Gasteiger partial charge in [-0.2, -0.15) is 0 Å². The molecular formula is C25H37ClN2O4. The van der Waals surface area contributed by atoms with E-state index in [2.05, 4.69) is 16.3 Å². The number of carbonyl (C=O) groups is 1. The molecular weight excluding hydrogens is 428 g/mol. The third-order valence-corrected chi connectivity index (χ3v) is 7.32. The summed E-state index contributed by atoms with van der Waals surface area (Å²) < 4.78 is 12.1. The van der Waals surface area contributed by atoms with Gasteiger partial charge in [0.15, 0.2) is 0 Å². The summed E-state index contributed by atoms with van der Waals surface area (Å²) in [5, 5.41) is 14.2. The fourth-order valence-electron chi connectivity index (χ4n) is 5.43. The summed E-state index contributed by atoms with van der Waals surface area (Å²) in [7, 11) is 0. The maximum Gasteiger partial charge on any atom is 0.222 e. The molecule has 178 valence electrons. The van der Waals surface area contributed by atoms with Crippen molar-refractivity contribution < 1.29 is 19.4 Å². The standard InChI is InChI=1S/C25H37ClN2O4/c26-20-8-4-7-19(11-20)14-28-15-21(29)16-31-17-24-23(28)10-9-22(32-24)12-25(30)27-13-18-5-2-1-3-6-18/h4,7-8,11,18,21-24,29H,1-3,5-6,9-10,12-17H2,(H,27,30)/t21-,22+,23+,24-/m0/s1. The lowest BCUT2D eigenvalue weighted by atomic mass is 9.89. The van der Waals surface area contributed by atoms with Crippen LogP contribution in [0.15, 0.2) is 24.3 Å². The van der Waals surface area contributed by atoms with E-state index in [0.29, 0.717) is 43.7 Å². The van der Waals surface area contributed by atoms with Gasteiger partial charge in [-0.05, 0) is 49.3 Å². The number of benzene rings is 1. The second-order valence-electron chi connectivity index (χ2n) is 9.70. The van der Waals surface area contributed by atoms with E-state index < -0.39 is 6.10 Å². The van der Waals surface area contributed by atoms with Crippen LogP contribution in [0.5, 0.6) is 0 Å². The summed E-state index contributed by atoms with van der Waals surface area (Å²) in [6.45, 7) is 2.77. The molecule has 32 heavy (non-hydrogen) atoms. The Morgan fingerprint density at radius 3 is 2.81 bits per heavy atom. The molecule has 4 rings (SSSR count). The van der Waals surface area contributed by atoms with Crippen molar-refractivity contribution in [1.29, 1.82) is 0 Å². The highest BCUT2D eigenvalue weighted by atomic mass is 35.5. The van der Waals surface area contributed by atoms with E-state index in [1.54, 1.807) is 0 Å². The Balaban J connectivity index is 1.32. The molecule has 0 aromatic heterocycles. The number of hydrogen-bond acceptors (Lipinski definition) is 5. The molecule has 0 bridgehead atoms. The average Bonchev–Trinajstić information content (AvgIpc) is 2.77. The number of fused-ring (bicyclic) bond motifs is 1. The van der Waals surface area contributed by atoms with Gasteiger partial charge in [-0.1, -0.05) is 43.0 Å². The van der Waals surface area contributed by atoms with Crippen molar-refractivity contribution in [2.75, 3.05) is 26.3 Å². The average molecular weight is 465 g/mol. The van der Waals surface area contributed by atoms with Gasteiger partial charge >= 0.3 is 0 Å². The molecule has 0 radical (unpaired) electrons. The quantitative estimate of drug-likeness (QED) is 0.673. The molecule has 1 aliphatic carbocycles. The fourth-order valence-corrected chi connectivity index (χ4v) is 5.64. The second kappa shape index (κ2) is 11.8. The Kier molecular flexibility index (Phi) is 8.83. The minimum absolute atomic E-state index is 0.0800. The van der Waals surface area contributed by atoms with Crippen molar-refractivity contribution in [3.8, 4) is 0 Å². The van der Waals surface area contributed by atoms with Crippen molar-refractivity contribution in [3.05, 3.63) is 34.9 Å². The van der Waals surface area contributed by atoms with E-state index in [-0.39, 0.29) is 24.2 Å². The molecule has 7 heteroatoms. The highest BCUT2D eigenvalue weighted by Gasteiger charge is 2.38. The monoisotopic (exact) mass is 464 g/mol. The summed E-state index contributed by atoms with van der Waals surface area (Å²) >= 11 is 6.18. The van der Waals surface area contributed by atoms with Gasteiger partial charge in [0.25, 0.3) is 0 Å². The van der Waals surface area contributed by atoms with Gasteiger partial charge in [0.2, 0.25) is 5.91 Å². The molecule has 4 atom stereocenters. The lowest BCUT2D eigenvalue weighted by molar-refractivity contribution is -0.158. The van der Waals surface area contributed by atoms with E-state index in [9.17, 15) is 9.90 Å². The van der Waals surface area contributed by atoms with Crippen LogP contribution in [-0.4, -0.2) is 66.6 Å². The molecule has 3 aliphatic rings. The van der Waals surface area contributed by atoms with E-state index in [0.717, 1.165) is 24.9 Å². The maximum atomic E-state index is 12.5. The maximum absolute atomic E-state index is 12.5. The van der Waals surface area contributed by atoms with Crippen LogP contribution in [0.3, 0.4) is 0 Å². The van der Waals surface area contributed by atoms with Crippen LogP contribution in [-0.2, 0) is 20.8 Å². The Hall–Kier alpha value is -1.18. The number of hydrogen-bond donors (Lipinski definition) is 2. The summed E-state index contributed by atoms with van der Waals surface area (Å²) in [6, 6.07) is 8.01. The first kappa shape index (κ1) is 24.0. The predicted octanol–water partition coefficient (Wildman–Crippen LogP) is 3.54. The number of ether oxygens (including phenoxy) is 2. The Bertz CT molecular complexity index is 742. The Labute approximate surface area is 196 Å². The molecule has 2 saturated heterocycles. The first-order valence-corrected chi connectivity index (χ1v) is 12.6. The number of halogens is 1. The largest absolute Gasteiger partial charge is 0.389 e. The number of carbonyl (C=O) groups excluding carboxylic acids is 1. The zero-order chi connectivity index (χ0) is 22.3. The van der Waals surface area contributed by atoms with Crippen LogP contribution < -0.4 is 5.32 Å². The molecule has 1 saturated carbocycles. The zero-order valence-electron chi connectivity index (χ0n) is 18.9. The highest BCUT2D eigenvalue weighted by Crippen LogP contribution is 2.29. The van der Waals surface area contributed by atoms with Gasteiger partial charge in [-0.3, -0.25) is 9.69 Å². The number of amides is 1. The van der Waals surface area contributed by atoms with E-state index in [1.807, 2.05) is 18.2 Å². The van der Waals surface area contributed by atoms with Gasteiger partial charge in [-0.25, -0.2) is 0 Å². The topological polar surface area (TPSA) is 71.0 Å². The Morgan fingerprint density at radius 2 is 2.00 bits per heavy atom. The van der Waals surface area contributed by atoms with Crippen LogP contribution >= 0.6 is 11.6 Å². The molecule has 1 aromatic carbocycles. The number of rotatable bonds is 6. The number of nitrogens with zero attached hydrogens (tertiary/aromatic N) is 1. The minimum atomic E-state index is -0.529. The summed E-state index contributed by atoms with van der Waals surface area (Å²) in [5.41, 5.74) is 1.12. The molecule has 0 unspecified atom stereocenters. The van der Waals surface area contributed by atoms with E-state index in [4.69, 9.17) is 21.1 Å². The highest BCUT2D eigenvalue weighted by molar-refractivity contribution is 6.30. The molecule has 2 aliphatic heterocycles. The van der Waals surface area contributed by atoms with Crippen molar-refractivity contribution in [1.82, 2.24) is 10.2 Å². The third kappa shape index (κ3) is 6.91. The summed E-state index contributed by atoms with van der Waals surface area (Å²) in [6.07, 6.45) is 7.82. The van der Waals surface area contributed by atoms with Crippen LogP contribution in [0.4, 0.5) is 0 Å². The predicted molar refractivity (Wildman–Crippen MR) is 125 cm³/mol. The molecule has 1 aromatic rings. The smallest absolute Gasteiger partial charge is 0.222 e. The molecule has 6 nitrogen and oxygen atoms in total. The van der Waals surface area contributed by atoms with Gasteiger partial charge in [0.1, 0.15) is 0 Å². The van der Waals surface area contributed by atoms with Gasteiger partial charge < -0.3 is 19.9 Å². The van der Waals surface area contributed by atoms with Crippen molar-refractivity contribution in [2.45, 2.75) is 82.3 Å². The van der Waals surface area contributed by atoms with Crippen molar-refractivity contribution in [3.63, 3.8) is 0 Å². The van der Waals surface area contributed by atoms with Crippen LogP contribution in [0.1, 0.15) is 56.9 Å². The fraction of sp³-hybridized carbons (Fsp3) is 0.720. The van der Waals surface area contributed by atoms with E-state index in [1.165, 1.54) is 32.1 Å². The van der Waals surface area contributed by atoms with Crippen LogP contribution in [0.25, 0.3) is 0 Å². The van der Waals surface area contributed by atoms with E-state index >= 15 is 0 Å². The summed E-state index contributed by atoms with van der Waals surface area (Å²) in [5.74, 6) is 0.729. The molecule has 1 amide bonds. The normalized spacial score (nSPS) is 30.2. The van der Waals surface area contributed by atoms with Gasteiger partial charge in [0.05, 0.1) is 37.9 Å². The van der Waals surface area contributed by atoms with Gasteiger partial charge in [0, 0.05) is 30.7 Å². The minimum Gasteiger partial charge on any atom is -0.389 e.